The van der Waals surface area contributed by atoms with Gasteiger partial charge < -0.3 is 10.2 Å². The van der Waals surface area contributed by atoms with Gasteiger partial charge in [-0.05, 0) is 49.8 Å². The van der Waals surface area contributed by atoms with Crippen LogP contribution in [0.1, 0.15) is 41.7 Å². The Balaban J connectivity index is 1.45. The average molecular weight is 324 g/mol. The van der Waals surface area contributed by atoms with Gasteiger partial charge in [0, 0.05) is 19.6 Å². The molecule has 1 aliphatic heterocycles. The number of benzene rings is 1. The maximum Gasteiger partial charge on any atom is 0.274 e. The molecule has 1 amide bonds. The second kappa shape index (κ2) is 8.43. The highest BCUT2D eigenvalue weighted by molar-refractivity contribution is 5.92. The fourth-order valence-corrected chi connectivity index (χ4v) is 2.95. The topological polar surface area (TPSA) is 58.1 Å². The number of piperidine rings is 1. The summed E-state index contributed by atoms with van der Waals surface area (Å²) in [5.41, 5.74) is 1.78. The normalized spacial score (nSPS) is 14.4. The van der Waals surface area contributed by atoms with Gasteiger partial charge in [-0.15, -0.1) is 10.2 Å². The van der Waals surface area contributed by atoms with Crippen molar-refractivity contribution >= 4 is 11.7 Å². The molecule has 1 aliphatic rings. The van der Waals surface area contributed by atoms with E-state index in [1.165, 1.54) is 12.0 Å². The molecule has 0 saturated carbocycles. The molecule has 1 saturated heterocycles. The minimum atomic E-state index is -0.00201. The first-order chi connectivity index (χ1) is 11.8. The zero-order chi connectivity index (χ0) is 16.6. The van der Waals surface area contributed by atoms with E-state index < -0.39 is 0 Å². The van der Waals surface area contributed by atoms with Gasteiger partial charge in [0.05, 0.1) is 0 Å². The van der Waals surface area contributed by atoms with Crippen molar-refractivity contribution < 1.29 is 4.79 Å². The molecule has 0 unspecified atom stereocenters. The zero-order valence-electron chi connectivity index (χ0n) is 13.9. The standard InChI is InChI=1S/C19H24N4O/c24-19(23-14-5-2-6-15-23)17-11-12-18(22-21-17)20-13-7-10-16-8-3-1-4-9-16/h1,3-4,8-9,11-12H,2,5-7,10,13-15H2,(H,20,22). The molecule has 0 bridgehead atoms. The van der Waals surface area contributed by atoms with E-state index in [9.17, 15) is 4.79 Å². The summed E-state index contributed by atoms with van der Waals surface area (Å²) >= 11 is 0. The molecule has 0 aliphatic carbocycles. The quantitative estimate of drug-likeness (QED) is 0.829. The van der Waals surface area contributed by atoms with Gasteiger partial charge in [0.15, 0.2) is 5.69 Å². The second-order valence-corrected chi connectivity index (χ2v) is 6.17. The number of amides is 1. The Hall–Kier alpha value is -2.43. The molecule has 3 rings (SSSR count). The summed E-state index contributed by atoms with van der Waals surface area (Å²) in [5, 5.41) is 11.5. The Labute approximate surface area is 143 Å². The molecule has 2 heterocycles. The van der Waals surface area contributed by atoms with E-state index >= 15 is 0 Å². The highest BCUT2D eigenvalue weighted by Gasteiger charge is 2.19. The van der Waals surface area contributed by atoms with Crippen LogP contribution in [0.2, 0.25) is 0 Å². The third kappa shape index (κ3) is 4.54. The number of nitrogens with zero attached hydrogens (tertiary/aromatic N) is 3. The van der Waals surface area contributed by atoms with E-state index in [1.807, 2.05) is 17.0 Å². The lowest BCUT2D eigenvalue weighted by atomic mass is 10.1. The molecule has 5 heteroatoms. The highest BCUT2D eigenvalue weighted by Crippen LogP contribution is 2.12. The van der Waals surface area contributed by atoms with Gasteiger partial charge in [-0.3, -0.25) is 4.79 Å². The summed E-state index contributed by atoms with van der Waals surface area (Å²) in [7, 11) is 0. The SMILES string of the molecule is O=C(c1ccc(NCCCc2ccccc2)nn1)N1CCCCC1. The van der Waals surface area contributed by atoms with Crippen LogP contribution in [0, 0.1) is 0 Å². The van der Waals surface area contributed by atoms with Crippen LogP contribution in [0.5, 0.6) is 0 Å². The number of carbonyl (C=O) groups is 1. The van der Waals surface area contributed by atoms with Crippen LogP contribution >= 0.6 is 0 Å². The van der Waals surface area contributed by atoms with Crippen molar-refractivity contribution in [2.24, 2.45) is 0 Å². The summed E-state index contributed by atoms with van der Waals surface area (Å²) in [6.07, 6.45) is 5.44. The zero-order valence-corrected chi connectivity index (χ0v) is 13.9. The van der Waals surface area contributed by atoms with Crippen LogP contribution in [0.3, 0.4) is 0 Å². The second-order valence-electron chi connectivity index (χ2n) is 6.17. The number of likely N-dealkylation sites (tertiary alicyclic amines) is 1. The molecule has 24 heavy (non-hydrogen) atoms. The van der Waals surface area contributed by atoms with Gasteiger partial charge in [-0.25, -0.2) is 0 Å². The fourth-order valence-electron chi connectivity index (χ4n) is 2.95. The Morgan fingerprint density at radius 1 is 1.00 bits per heavy atom. The third-order valence-corrected chi connectivity index (χ3v) is 4.32. The summed E-state index contributed by atoms with van der Waals surface area (Å²) in [4.78, 5) is 14.2. The fraction of sp³-hybridized carbons (Fsp3) is 0.421. The lowest BCUT2D eigenvalue weighted by molar-refractivity contribution is 0.0717. The van der Waals surface area contributed by atoms with Crippen molar-refractivity contribution in [2.45, 2.75) is 32.1 Å². The molecule has 1 aromatic heterocycles. The van der Waals surface area contributed by atoms with Crippen LogP contribution in [0.25, 0.3) is 0 Å². The number of nitrogens with one attached hydrogen (secondary N) is 1. The molecule has 0 radical (unpaired) electrons. The van der Waals surface area contributed by atoms with E-state index in [0.717, 1.165) is 51.1 Å². The minimum Gasteiger partial charge on any atom is -0.369 e. The van der Waals surface area contributed by atoms with Crippen LogP contribution < -0.4 is 5.32 Å². The molecule has 5 nitrogen and oxygen atoms in total. The Morgan fingerprint density at radius 3 is 2.50 bits per heavy atom. The van der Waals surface area contributed by atoms with Gasteiger partial charge in [-0.2, -0.15) is 0 Å². The van der Waals surface area contributed by atoms with Crippen LogP contribution in [0.15, 0.2) is 42.5 Å². The molecule has 2 aromatic rings. The largest absolute Gasteiger partial charge is 0.369 e. The number of aryl methyl sites for hydroxylation is 1. The molecule has 1 N–H and O–H groups in total. The molecule has 1 aromatic carbocycles. The Kier molecular flexibility index (Phi) is 5.77. The smallest absolute Gasteiger partial charge is 0.274 e. The molecule has 0 atom stereocenters. The van der Waals surface area contributed by atoms with E-state index in [-0.39, 0.29) is 5.91 Å². The number of anilines is 1. The van der Waals surface area contributed by atoms with Crippen molar-refractivity contribution in [1.82, 2.24) is 15.1 Å². The number of rotatable bonds is 6. The first kappa shape index (κ1) is 16.4. The number of aromatic nitrogens is 2. The highest BCUT2D eigenvalue weighted by atomic mass is 16.2. The van der Waals surface area contributed by atoms with E-state index in [4.69, 9.17) is 0 Å². The van der Waals surface area contributed by atoms with Gasteiger partial charge in [0.1, 0.15) is 5.82 Å². The van der Waals surface area contributed by atoms with Crippen LogP contribution in [0.4, 0.5) is 5.82 Å². The Bertz CT molecular complexity index is 636. The van der Waals surface area contributed by atoms with Crippen LogP contribution in [-0.2, 0) is 6.42 Å². The van der Waals surface area contributed by atoms with Crippen molar-refractivity contribution in [3.8, 4) is 0 Å². The van der Waals surface area contributed by atoms with Crippen molar-refractivity contribution in [2.75, 3.05) is 25.0 Å². The predicted octanol–water partition coefficient (Wildman–Crippen LogP) is 3.15. The molecule has 1 fully saturated rings. The summed E-state index contributed by atoms with van der Waals surface area (Å²) < 4.78 is 0. The van der Waals surface area contributed by atoms with Crippen molar-refractivity contribution in [3.63, 3.8) is 0 Å². The monoisotopic (exact) mass is 324 g/mol. The first-order valence-corrected chi connectivity index (χ1v) is 8.74. The van der Waals surface area contributed by atoms with Crippen molar-refractivity contribution in [3.05, 3.63) is 53.7 Å². The minimum absolute atomic E-state index is 0.00201. The molecule has 0 spiro atoms. The van der Waals surface area contributed by atoms with E-state index in [0.29, 0.717) is 5.69 Å². The lowest BCUT2D eigenvalue weighted by Crippen LogP contribution is -2.36. The molecular weight excluding hydrogens is 300 g/mol. The average Bonchev–Trinajstić information content (AvgIpc) is 2.67. The Morgan fingerprint density at radius 2 is 1.79 bits per heavy atom. The predicted molar refractivity (Wildman–Crippen MR) is 95.0 cm³/mol. The number of carbonyl (C=O) groups excluding carboxylic acids is 1. The van der Waals surface area contributed by atoms with Crippen molar-refractivity contribution in [1.29, 1.82) is 0 Å². The number of hydrogen-bond donors (Lipinski definition) is 1. The molecular formula is C19H24N4O. The van der Waals surface area contributed by atoms with Gasteiger partial charge in [-0.1, -0.05) is 30.3 Å². The lowest BCUT2D eigenvalue weighted by Gasteiger charge is -2.26. The van der Waals surface area contributed by atoms with Crippen LogP contribution in [-0.4, -0.2) is 40.6 Å². The summed E-state index contributed by atoms with van der Waals surface area (Å²) in [5.74, 6) is 0.719. The molecule has 126 valence electrons. The van der Waals surface area contributed by atoms with Gasteiger partial charge in [0.2, 0.25) is 0 Å². The van der Waals surface area contributed by atoms with E-state index in [1.54, 1.807) is 6.07 Å². The first-order valence-electron chi connectivity index (χ1n) is 8.74. The number of hydrogen-bond acceptors (Lipinski definition) is 4. The van der Waals surface area contributed by atoms with Gasteiger partial charge in [0.25, 0.3) is 5.91 Å². The summed E-state index contributed by atoms with van der Waals surface area (Å²) in [6, 6.07) is 14.0. The van der Waals surface area contributed by atoms with Gasteiger partial charge >= 0.3 is 0 Å². The maximum absolute atomic E-state index is 12.3. The maximum atomic E-state index is 12.3. The van der Waals surface area contributed by atoms with E-state index in [2.05, 4.69) is 39.8 Å². The third-order valence-electron chi connectivity index (χ3n) is 4.32. The summed E-state index contributed by atoms with van der Waals surface area (Å²) in [6.45, 7) is 2.50.